The summed E-state index contributed by atoms with van der Waals surface area (Å²) in [7, 11) is 0. The van der Waals surface area contributed by atoms with E-state index < -0.39 is 0 Å². The van der Waals surface area contributed by atoms with Crippen molar-refractivity contribution in [3.63, 3.8) is 0 Å². The van der Waals surface area contributed by atoms with E-state index in [0.29, 0.717) is 0 Å². The summed E-state index contributed by atoms with van der Waals surface area (Å²) in [5.41, 5.74) is 2.52. The van der Waals surface area contributed by atoms with Gasteiger partial charge < -0.3 is 5.32 Å². The summed E-state index contributed by atoms with van der Waals surface area (Å²) >= 11 is 0. The zero-order valence-corrected chi connectivity index (χ0v) is 10.6. The third-order valence-corrected chi connectivity index (χ3v) is 2.66. The Bertz CT molecular complexity index is 540. The average molecular weight is 245 g/mol. The SMILES string of the molecule is CCCNc1cncc(-c2ccc(F)cc2C)n1. The standard InChI is InChI=1S/C14H16FN3/c1-3-6-17-14-9-16-8-13(18-14)12-5-4-11(15)7-10(12)2/h4-5,7-9H,3,6H2,1-2H3,(H,17,18). The van der Waals surface area contributed by atoms with Gasteiger partial charge in [-0.2, -0.15) is 0 Å². The van der Waals surface area contributed by atoms with Gasteiger partial charge in [-0.15, -0.1) is 0 Å². The van der Waals surface area contributed by atoms with Gasteiger partial charge >= 0.3 is 0 Å². The normalized spacial score (nSPS) is 10.4. The predicted octanol–water partition coefficient (Wildman–Crippen LogP) is 3.41. The van der Waals surface area contributed by atoms with E-state index in [1.807, 2.05) is 6.92 Å². The molecule has 1 N–H and O–H groups in total. The van der Waals surface area contributed by atoms with Crippen LogP contribution in [-0.2, 0) is 0 Å². The molecule has 0 spiro atoms. The molecule has 0 radical (unpaired) electrons. The second-order valence-corrected chi connectivity index (χ2v) is 4.18. The summed E-state index contributed by atoms with van der Waals surface area (Å²) in [6.45, 7) is 4.82. The molecular weight excluding hydrogens is 229 g/mol. The van der Waals surface area contributed by atoms with Gasteiger partial charge in [-0.25, -0.2) is 9.37 Å². The highest BCUT2D eigenvalue weighted by atomic mass is 19.1. The average Bonchev–Trinajstić information content (AvgIpc) is 2.36. The lowest BCUT2D eigenvalue weighted by Crippen LogP contribution is -2.03. The van der Waals surface area contributed by atoms with Crippen LogP contribution in [0, 0.1) is 12.7 Å². The number of rotatable bonds is 4. The maximum absolute atomic E-state index is 13.1. The van der Waals surface area contributed by atoms with Crippen LogP contribution < -0.4 is 5.32 Å². The van der Waals surface area contributed by atoms with E-state index in [0.717, 1.165) is 35.6 Å². The van der Waals surface area contributed by atoms with Crippen LogP contribution in [0.15, 0.2) is 30.6 Å². The molecule has 0 aliphatic carbocycles. The van der Waals surface area contributed by atoms with Gasteiger partial charge in [0.15, 0.2) is 0 Å². The number of halogens is 1. The van der Waals surface area contributed by atoms with Gasteiger partial charge in [-0.3, -0.25) is 4.98 Å². The Morgan fingerprint density at radius 2 is 2.11 bits per heavy atom. The highest BCUT2D eigenvalue weighted by Gasteiger charge is 2.06. The van der Waals surface area contributed by atoms with Crippen LogP contribution in [0.25, 0.3) is 11.3 Å². The molecule has 1 heterocycles. The van der Waals surface area contributed by atoms with E-state index in [9.17, 15) is 4.39 Å². The number of nitrogens with one attached hydrogen (secondary N) is 1. The molecule has 0 atom stereocenters. The maximum atomic E-state index is 13.1. The molecule has 0 unspecified atom stereocenters. The Morgan fingerprint density at radius 1 is 1.28 bits per heavy atom. The van der Waals surface area contributed by atoms with Crippen molar-refractivity contribution < 1.29 is 4.39 Å². The third kappa shape index (κ3) is 2.83. The molecule has 94 valence electrons. The Labute approximate surface area is 106 Å². The lowest BCUT2D eigenvalue weighted by molar-refractivity contribution is 0.627. The van der Waals surface area contributed by atoms with E-state index in [2.05, 4.69) is 22.2 Å². The first kappa shape index (κ1) is 12.5. The maximum Gasteiger partial charge on any atom is 0.145 e. The van der Waals surface area contributed by atoms with Crippen molar-refractivity contribution in [2.75, 3.05) is 11.9 Å². The van der Waals surface area contributed by atoms with Crippen LogP contribution in [-0.4, -0.2) is 16.5 Å². The molecule has 2 aromatic rings. The monoisotopic (exact) mass is 245 g/mol. The summed E-state index contributed by atoms with van der Waals surface area (Å²) < 4.78 is 13.1. The van der Waals surface area contributed by atoms with Crippen LogP contribution in [0.3, 0.4) is 0 Å². The van der Waals surface area contributed by atoms with Gasteiger partial charge in [0.2, 0.25) is 0 Å². The molecule has 3 nitrogen and oxygen atoms in total. The van der Waals surface area contributed by atoms with E-state index in [1.54, 1.807) is 18.5 Å². The van der Waals surface area contributed by atoms with Gasteiger partial charge in [-0.05, 0) is 37.1 Å². The quantitative estimate of drug-likeness (QED) is 0.897. The third-order valence-electron chi connectivity index (χ3n) is 2.66. The Morgan fingerprint density at radius 3 is 2.83 bits per heavy atom. The van der Waals surface area contributed by atoms with Crippen LogP contribution in [0.4, 0.5) is 10.2 Å². The molecular formula is C14H16FN3. The van der Waals surface area contributed by atoms with Crippen LogP contribution >= 0.6 is 0 Å². The zero-order chi connectivity index (χ0) is 13.0. The number of hydrogen-bond acceptors (Lipinski definition) is 3. The van der Waals surface area contributed by atoms with Gasteiger partial charge in [0.1, 0.15) is 11.6 Å². The van der Waals surface area contributed by atoms with E-state index >= 15 is 0 Å². The fraction of sp³-hybridized carbons (Fsp3) is 0.286. The number of aryl methyl sites for hydroxylation is 1. The fourth-order valence-corrected chi connectivity index (χ4v) is 1.75. The van der Waals surface area contributed by atoms with Gasteiger partial charge in [0, 0.05) is 12.1 Å². The number of benzene rings is 1. The summed E-state index contributed by atoms with van der Waals surface area (Å²) in [4.78, 5) is 8.63. The van der Waals surface area contributed by atoms with Gasteiger partial charge in [0.05, 0.1) is 18.1 Å². The van der Waals surface area contributed by atoms with E-state index in [1.165, 1.54) is 12.1 Å². The first-order chi connectivity index (χ1) is 8.70. The summed E-state index contributed by atoms with van der Waals surface area (Å²) in [6.07, 6.45) is 4.41. The Balaban J connectivity index is 2.32. The second-order valence-electron chi connectivity index (χ2n) is 4.18. The minimum Gasteiger partial charge on any atom is -0.369 e. The van der Waals surface area contributed by atoms with Crippen molar-refractivity contribution in [1.29, 1.82) is 0 Å². The molecule has 1 aromatic heterocycles. The first-order valence-electron chi connectivity index (χ1n) is 6.03. The zero-order valence-electron chi connectivity index (χ0n) is 10.6. The molecule has 0 saturated carbocycles. The largest absolute Gasteiger partial charge is 0.369 e. The van der Waals surface area contributed by atoms with Crippen LogP contribution in [0.1, 0.15) is 18.9 Å². The van der Waals surface area contributed by atoms with E-state index in [4.69, 9.17) is 0 Å². The second kappa shape index (κ2) is 5.58. The van der Waals surface area contributed by atoms with Crippen molar-refractivity contribution >= 4 is 5.82 Å². The van der Waals surface area contributed by atoms with Crippen molar-refractivity contribution in [3.05, 3.63) is 42.0 Å². The minimum absolute atomic E-state index is 0.232. The lowest BCUT2D eigenvalue weighted by atomic mass is 10.1. The molecule has 0 amide bonds. The molecule has 18 heavy (non-hydrogen) atoms. The Kier molecular flexibility index (Phi) is 3.87. The molecule has 0 fully saturated rings. The molecule has 0 aliphatic rings. The number of hydrogen-bond donors (Lipinski definition) is 1. The smallest absolute Gasteiger partial charge is 0.145 e. The predicted molar refractivity (Wildman–Crippen MR) is 70.9 cm³/mol. The summed E-state index contributed by atoms with van der Waals surface area (Å²) in [6, 6.07) is 4.68. The first-order valence-corrected chi connectivity index (χ1v) is 6.03. The lowest BCUT2D eigenvalue weighted by Gasteiger charge is -2.08. The molecule has 0 saturated heterocycles. The number of nitrogens with zero attached hydrogens (tertiary/aromatic N) is 2. The fourth-order valence-electron chi connectivity index (χ4n) is 1.75. The molecule has 1 aromatic carbocycles. The topological polar surface area (TPSA) is 37.8 Å². The number of aromatic nitrogens is 2. The Hall–Kier alpha value is -1.97. The van der Waals surface area contributed by atoms with Crippen molar-refractivity contribution in [2.24, 2.45) is 0 Å². The van der Waals surface area contributed by atoms with Gasteiger partial charge in [-0.1, -0.05) is 6.92 Å². The van der Waals surface area contributed by atoms with Crippen molar-refractivity contribution in [1.82, 2.24) is 9.97 Å². The highest BCUT2D eigenvalue weighted by Crippen LogP contribution is 2.22. The summed E-state index contributed by atoms with van der Waals surface area (Å²) in [5, 5.41) is 3.19. The van der Waals surface area contributed by atoms with E-state index in [-0.39, 0.29) is 5.82 Å². The molecule has 0 aliphatic heterocycles. The molecule has 2 rings (SSSR count). The van der Waals surface area contributed by atoms with Crippen LogP contribution in [0.5, 0.6) is 0 Å². The molecule has 4 heteroatoms. The number of anilines is 1. The highest BCUT2D eigenvalue weighted by molar-refractivity contribution is 5.63. The van der Waals surface area contributed by atoms with Crippen LogP contribution in [0.2, 0.25) is 0 Å². The van der Waals surface area contributed by atoms with Crippen molar-refractivity contribution in [3.8, 4) is 11.3 Å². The molecule has 0 bridgehead atoms. The van der Waals surface area contributed by atoms with Gasteiger partial charge in [0.25, 0.3) is 0 Å². The van der Waals surface area contributed by atoms with Crippen molar-refractivity contribution in [2.45, 2.75) is 20.3 Å². The minimum atomic E-state index is -0.232. The summed E-state index contributed by atoms with van der Waals surface area (Å²) in [5.74, 6) is 0.516.